The molecule has 0 fully saturated rings. The summed E-state index contributed by atoms with van der Waals surface area (Å²) < 4.78 is 35.5. The van der Waals surface area contributed by atoms with Crippen LogP contribution in [0.4, 0.5) is 0 Å². The highest BCUT2D eigenvalue weighted by Gasteiger charge is 2.25. The third-order valence-electron chi connectivity index (χ3n) is 8.01. The molecular weight excluding hydrogens is 566 g/mol. The summed E-state index contributed by atoms with van der Waals surface area (Å²) in [6.45, 7) is 6.12. The third-order valence-corrected chi connectivity index (χ3v) is 8.44. The van der Waals surface area contributed by atoms with Gasteiger partial charge in [-0.15, -0.1) is 0 Å². The Balaban J connectivity index is 4.24. The highest BCUT2D eigenvalue weighted by Crippen LogP contribution is 2.15. The lowest BCUT2D eigenvalue weighted by molar-refractivity contribution is -0.131. The Labute approximate surface area is 264 Å². The van der Waals surface area contributed by atoms with Crippen molar-refractivity contribution in [2.45, 2.75) is 187 Å². The highest BCUT2D eigenvalue weighted by molar-refractivity contribution is 7.80. The molecular formula is C34H67NO7S. The summed E-state index contributed by atoms with van der Waals surface area (Å²) in [5.74, 6) is 0.0901. The van der Waals surface area contributed by atoms with Crippen molar-refractivity contribution in [2.24, 2.45) is 5.92 Å². The molecule has 9 heteroatoms. The quantitative estimate of drug-likeness (QED) is 0.0343. The van der Waals surface area contributed by atoms with Crippen molar-refractivity contribution < 1.29 is 32.2 Å². The van der Waals surface area contributed by atoms with E-state index in [9.17, 15) is 23.4 Å². The summed E-state index contributed by atoms with van der Waals surface area (Å²) in [5.41, 5.74) is 0. The van der Waals surface area contributed by atoms with Gasteiger partial charge in [0, 0.05) is 0 Å². The number of unbranched alkanes of at least 4 members (excludes halogenated alkanes) is 19. The zero-order valence-corrected chi connectivity index (χ0v) is 28.6. The van der Waals surface area contributed by atoms with Crippen LogP contribution in [0.25, 0.3) is 0 Å². The maximum absolute atomic E-state index is 12.5. The van der Waals surface area contributed by atoms with Crippen molar-refractivity contribution >= 4 is 16.3 Å². The first-order valence-corrected chi connectivity index (χ1v) is 18.9. The first kappa shape index (κ1) is 42.0. The number of carbonyl (C=O) groups is 1. The predicted molar refractivity (Wildman–Crippen MR) is 177 cm³/mol. The molecule has 43 heavy (non-hydrogen) atoms. The van der Waals surface area contributed by atoms with E-state index in [0.717, 1.165) is 44.4 Å². The van der Waals surface area contributed by atoms with Gasteiger partial charge >= 0.3 is 10.4 Å². The molecule has 4 N–H and O–H groups in total. The molecule has 0 aromatic carbocycles. The fourth-order valence-electron chi connectivity index (χ4n) is 5.22. The van der Waals surface area contributed by atoms with Crippen LogP contribution in [0.3, 0.4) is 0 Å². The van der Waals surface area contributed by atoms with E-state index in [1.165, 1.54) is 102 Å². The molecule has 1 amide bonds. The van der Waals surface area contributed by atoms with Gasteiger partial charge in [0.05, 0.1) is 18.8 Å². The molecule has 3 atom stereocenters. The highest BCUT2D eigenvalue weighted by atomic mass is 32.3. The molecule has 0 aliphatic carbocycles. The van der Waals surface area contributed by atoms with Crippen LogP contribution in [-0.4, -0.2) is 53.9 Å². The van der Waals surface area contributed by atoms with Crippen molar-refractivity contribution in [1.29, 1.82) is 0 Å². The monoisotopic (exact) mass is 633 g/mol. The maximum Gasteiger partial charge on any atom is 0.397 e. The van der Waals surface area contributed by atoms with Crippen LogP contribution in [0.2, 0.25) is 0 Å². The molecule has 256 valence electrons. The van der Waals surface area contributed by atoms with E-state index < -0.39 is 41.2 Å². The number of aliphatic hydroxyl groups is 2. The van der Waals surface area contributed by atoms with E-state index in [0.29, 0.717) is 6.42 Å². The van der Waals surface area contributed by atoms with E-state index in [2.05, 4.69) is 30.3 Å². The van der Waals surface area contributed by atoms with Gasteiger partial charge in [0.1, 0.15) is 6.10 Å². The number of rotatable bonds is 31. The summed E-state index contributed by atoms with van der Waals surface area (Å²) in [6.07, 6.45) is 27.1. The average Bonchev–Trinajstić information content (AvgIpc) is 2.95. The van der Waals surface area contributed by atoms with Crippen LogP contribution in [0.15, 0.2) is 12.2 Å². The molecule has 0 radical (unpaired) electrons. The van der Waals surface area contributed by atoms with Crippen LogP contribution >= 0.6 is 0 Å². The van der Waals surface area contributed by atoms with Crippen molar-refractivity contribution in [3.05, 3.63) is 12.2 Å². The molecule has 0 unspecified atom stereocenters. The van der Waals surface area contributed by atoms with E-state index in [-0.39, 0.29) is 6.42 Å². The number of carbonyl (C=O) groups excluding carboxylic acids is 1. The number of allylic oxidation sites excluding steroid dienone is 1. The fourth-order valence-corrected chi connectivity index (χ4v) is 5.54. The van der Waals surface area contributed by atoms with E-state index in [4.69, 9.17) is 4.55 Å². The predicted octanol–water partition coefficient (Wildman–Crippen LogP) is 8.22. The smallest absolute Gasteiger partial charge is 0.387 e. The summed E-state index contributed by atoms with van der Waals surface area (Å²) in [5, 5.41) is 23.4. The van der Waals surface area contributed by atoms with Crippen LogP contribution < -0.4 is 5.32 Å². The van der Waals surface area contributed by atoms with Crippen LogP contribution in [0, 0.1) is 5.92 Å². The second-order valence-electron chi connectivity index (χ2n) is 12.7. The Morgan fingerprint density at radius 3 is 1.63 bits per heavy atom. The Kier molecular flexibility index (Phi) is 27.8. The summed E-state index contributed by atoms with van der Waals surface area (Å²) in [6, 6.07) is -1.13. The number of hydrogen-bond acceptors (Lipinski definition) is 6. The second-order valence-corrected chi connectivity index (χ2v) is 13.8. The van der Waals surface area contributed by atoms with Crippen LogP contribution in [-0.2, 0) is 19.4 Å². The first-order chi connectivity index (χ1) is 20.6. The largest absolute Gasteiger partial charge is 0.397 e. The van der Waals surface area contributed by atoms with Crippen LogP contribution in [0.1, 0.15) is 168 Å². The number of aliphatic hydroxyl groups excluding tert-OH is 2. The minimum absolute atomic E-state index is 0.289. The van der Waals surface area contributed by atoms with Gasteiger partial charge < -0.3 is 15.5 Å². The Morgan fingerprint density at radius 1 is 0.721 bits per heavy atom. The molecule has 0 spiro atoms. The zero-order valence-electron chi connectivity index (χ0n) is 27.8. The van der Waals surface area contributed by atoms with Crippen molar-refractivity contribution in [3.8, 4) is 0 Å². The Hall–Kier alpha value is -1.00. The molecule has 0 rings (SSSR count). The molecule has 0 aromatic rings. The van der Waals surface area contributed by atoms with Crippen molar-refractivity contribution in [1.82, 2.24) is 5.32 Å². The van der Waals surface area contributed by atoms with Gasteiger partial charge in [-0.3, -0.25) is 9.35 Å². The zero-order chi connectivity index (χ0) is 32.2. The Bertz CT molecular complexity index is 773. The van der Waals surface area contributed by atoms with E-state index >= 15 is 0 Å². The van der Waals surface area contributed by atoms with Crippen LogP contribution in [0.5, 0.6) is 0 Å². The van der Waals surface area contributed by atoms with Gasteiger partial charge in [-0.2, -0.15) is 8.42 Å². The number of amides is 1. The maximum atomic E-state index is 12.5. The van der Waals surface area contributed by atoms with E-state index in [1.807, 2.05) is 6.08 Å². The first-order valence-electron chi connectivity index (χ1n) is 17.5. The topological polar surface area (TPSA) is 133 Å². The molecule has 0 heterocycles. The molecule has 0 aliphatic rings. The van der Waals surface area contributed by atoms with Crippen molar-refractivity contribution in [3.63, 3.8) is 0 Å². The summed E-state index contributed by atoms with van der Waals surface area (Å²) >= 11 is 0. The lowest BCUT2D eigenvalue weighted by Gasteiger charge is -2.23. The standard InChI is InChI=1S/C34H67NO7S/c1-4-5-6-7-8-9-10-11-12-15-18-21-24-27-32(36)31(29-42-43(39,40)41)35-34(38)33(37)28-25-22-19-16-13-14-17-20-23-26-30(2)3/h24,27,30-33,36-37H,4-23,25-26,28-29H2,1-3H3,(H,35,38)(H,39,40,41)/b27-24+/t31-,32+,33+/m0/s1. The van der Waals surface area contributed by atoms with Gasteiger partial charge in [0.25, 0.3) is 0 Å². The lowest BCUT2D eigenvalue weighted by Crippen LogP contribution is -2.49. The van der Waals surface area contributed by atoms with Gasteiger partial charge in [0.2, 0.25) is 5.91 Å². The third kappa shape index (κ3) is 29.5. The minimum Gasteiger partial charge on any atom is -0.387 e. The lowest BCUT2D eigenvalue weighted by atomic mass is 10.0. The molecule has 0 aromatic heterocycles. The molecule has 0 saturated carbocycles. The van der Waals surface area contributed by atoms with Gasteiger partial charge in [0.15, 0.2) is 0 Å². The molecule has 0 bridgehead atoms. The second kappa shape index (κ2) is 28.5. The summed E-state index contributed by atoms with van der Waals surface area (Å²) in [4.78, 5) is 12.5. The van der Waals surface area contributed by atoms with Gasteiger partial charge in [-0.1, -0.05) is 161 Å². The minimum atomic E-state index is -4.74. The molecule has 0 aliphatic heterocycles. The SMILES string of the molecule is CCCCCCCCCCCCC/C=C/[C@@H](O)[C@H](COS(=O)(=O)O)NC(=O)[C@H](O)CCCCCCCCCCCC(C)C. The van der Waals surface area contributed by atoms with Gasteiger partial charge in [-0.25, -0.2) is 4.18 Å². The van der Waals surface area contributed by atoms with E-state index in [1.54, 1.807) is 0 Å². The molecule has 8 nitrogen and oxygen atoms in total. The Morgan fingerprint density at radius 2 is 1.16 bits per heavy atom. The normalized spacial score (nSPS) is 14.4. The number of nitrogens with one attached hydrogen (secondary N) is 1. The fraction of sp³-hybridized carbons (Fsp3) is 0.912. The average molecular weight is 634 g/mol. The van der Waals surface area contributed by atoms with Gasteiger partial charge in [-0.05, 0) is 25.2 Å². The van der Waals surface area contributed by atoms with Crippen molar-refractivity contribution in [2.75, 3.05) is 6.61 Å². The number of hydrogen-bond donors (Lipinski definition) is 4. The summed E-state index contributed by atoms with van der Waals surface area (Å²) in [7, 11) is -4.74. The molecule has 0 saturated heterocycles.